The minimum atomic E-state index is 0.589. The van der Waals surface area contributed by atoms with Crippen LogP contribution in [0.1, 0.15) is 11.1 Å². The maximum atomic E-state index is 3.53. The first-order valence-electron chi connectivity index (χ1n) is 7.44. The average Bonchev–Trinajstić information content (AvgIpc) is 2.51. The summed E-state index contributed by atoms with van der Waals surface area (Å²) < 4.78 is 0. The Morgan fingerprint density at radius 2 is 1.55 bits per heavy atom. The zero-order valence-corrected chi connectivity index (χ0v) is 11.8. The molecule has 0 bridgehead atoms. The molecule has 0 amide bonds. The molecule has 1 aliphatic heterocycles. The van der Waals surface area contributed by atoms with Gasteiger partial charge in [0.25, 0.3) is 0 Å². The second-order valence-electron chi connectivity index (χ2n) is 5.50. The largest absolute Gasteiger partial charge is 0.314 e. The lowest BCUT2D eigenvalue weighted by Crippen LogP contribution is -2.51. The molecule has 1 fully saturated rings. The van der Waals surface area contributed by atoms with Gasteiger partial charge in [0.05, 0.1) is 0 Å². The monoisotopic (exact) mass is 266 g/mol. The van der Waals surface area contributed by atoms with Crippen LogP contribution in [0.4, 0.5) is 0 Å². The number of nitrogens with zero attached hydrogens (tertiary/aromatic N) is 1. The minimum absolute atomic E-state index is 0.589. The van der Waals surface area contributed by atoms with E-state index < -0.39 is 0 Å². The molecule has 1 saturated heterocycles. The van der Waals surface area contributed by atoms with Gasteiger partial charge in [0.15, 0.2) is 0 Å². The number of piperazine rings is 1. The Hall–Kier alpha value is -1.64. The molecule has 3 rings (SSSR count). The first-order chi connectivity index (χ1) is 9.92. The standard InChI is InChI=1S/C18H22N2/c1-3-7-16(8-4-1)13-18-14-19-11-12-20(18)15-17-9-5-2-6-10-17/h1-10,18-19H,11-15H2. The topological polar surface area (TPSA) is 15.3 Å². The van der Waals surface area contributed by atoms with E-state index in [1.165, 1.54) is 11.1 Å². The first kappa shape index (κ1) is 13.3. The van der Waals surface area contributed by atoms with E-state index in [0.29, 0.717) is 6.04 Å². The molecular weight excluding hydrogens is 244 g/mol. The van der Waals surface area contributed by atoms with Crippen LogP contribution < -0.4 is 5.32 Å². The third-order valence-corrected chi connectivity index (χ3v) is 4.01. The number of nitrogens with one attached hydrogen (secondary N) is 1. The van der Waals surface area contributed by atoms with Crippen molar-refractivity contribution < 1.29 is 0 Å². The van der Waals surface area contributed by atoms with E-state index in [4.69, 9.17) is 0 Å². The highest BCUT2D eigenvalue weighted by Crippen LogP contribution is 2.14. The summed E-state index contributed by atoms with van der Waals surface area (Å²) in [7, 11) is 0. The molecule has 20 heavy (non-hydrogen) atoms. The smallest absolute Gasteiger partial charge is 0.0265 e. The van der Waals surface area contributed by atoms with Crippen molar-refractivity contribution in [3.8, 4) is 0 Å². The lowest BCUT2D eigenvalue weighted by Gasteiger charge is -2.36. The molecule has 1 aliphatic rings. The molecule has 0 saturated carbocycles. The third kappa shape index (κ3) is 3.47. The fourth-order valence-electron chi connectivity index (χ4n) is 2.92. The quantitative estimate of drug-likeness (QED) is 0.915. The number of hydrogen-bond acceptors (Lipinski definition) is 2. The highest BCUT2D eigenvalue weighted by atomic mass is 15.2. The maximum Gasteiger partial charge on any atom is 0.0265 e. The molecule has 2 nitrogen and oxygen atoms in total. The Morgan fingerprint density at radius 1 is 0.900 bits per heavy atom. The van der Waals surface area contributed by atoms with E-state index >= 15 is 0 Å². The lowest BCUT2D eigenvalue weighted by molar-refractivity contribution is 0.152. The number of hydrogen-bond donors (Lipinski definition) is 1. The predicted molar refractivity (Wildman–Crippen MR) is 83.7 cm³/mol. The van der Waals surface area contributed by atoms with Crippen molar-refractivity contribution in [2.24, 2.45) is 0 Å². The van der Waals surface area contributed by atoms with Crippen LogP contribution in [0, 0.1) is 0 Å². The van der Waals surface area contributed by atoms with E-state index in [1.807, 2.05) is 0 Å². The van der Waals surface area contributed by atoms with Crippen molar-refractivity contribution in [3.05, 3.63) is 71.8 Å². The van der Waals surface area contributed by atoms with Gasteiger partial charge in [-0.25, -0.2) is 0 Å². The summed E-state index contributed by atoms with van der Waals surface area (Å²) in [4.78, 5) is 2.61. The maximum absolute atomic E-state index is 3.53. The zero-order chi connectivity index (χ0) is 13.6. The van der Waals surface area contributed by atoms with Crippen molar-refractivity contribution in [1.82, 2.24) is 10.2 Å². The Kier molecular flexibility index (Phi) is 4.46. The fraction of sp³-hybridized carbons (Fsp3) is 0.333. The predicted octanol–water partition coefficient (Wildman–Crippen LogP) is 2.70. The van der Waals surface area contributed by atoms with Crippen molar-refractivity contribution in [2.45, 2.75) is 19.0 Å². The lowest BCUT2D eigenvalue weighted by atomic mass is 10.0. The van der Waals surface area contributed by atoms with E-state index in [2.05, 4.69) is 70.9 Å². The minimum Gasteiger partial charge on any atom is -0.314 e. The van der Waals surface area contributed by atoms with Crippen molar-refractivity contribution in [2.75, 3.05) is 19.6 Å². The highest BCUT2D eigenvalue weighted by Gasteiger charge is 2.22. The highest BCUT2D eigenvalue weighted by molar-refractivity contribution is 5.18. The number of rotatable bonds is 4. The van der Waals surface area contributed by atoms with Gasteiger partial charge in [-0.3, -0.25) is 4.90 Å². The average molecular weight is 266 g/mol. The second kappa shape index (κ2) is 6.69. The van der Waals surface area contributed by atoms with Crippen molar-refractivity contribution >= 4 is 0 Å². The molecule has 1 atom stereocenters. The van der Waals surface area contributed by atoms with Gasteiger partial charge in [-0.1, -0.05) is 60.7 Å². The van der Waals surface area contributed by atoms with Crippen LogP contribution in [0.2, 0.25) is 0 Å². The molecule has 2 aromatic carbocycles. The van der Waals surface area contributed by atoms with Crippen LogP contribution in [-0.4, -0.2) is 30.6 Å². The summed E-state index contributed by atoms with van der Waals surface area (Å²) in [5.41, 5.74) is 2.84. The molecular formula is C18H22N2. The molecule has 1 heterocycles. The first-order valence-corrected chi connectivity index (χ1v) is 7.44. The molecule has 0 spiro atoms. The Morgan fingerprint density at radius 3 is 2.25 bits per heavy atom. The summed E-state index contributed by atoms with van der Waals surface area (Å²) >= 11 is 0. The van der Waals surface area contributed by atoms with Gasteiger partial charge in [0.1, 0.15) is 0 Å². The molecule has 2 aromatic rings. The van der Waals surface area contributed by atoms with Gasteiger partial charge < -0.3 is 5.32 Å². The van der Waals surface area contributed by atoms with Crippen molar-refractivity contribution in [3.63, 3.8) is 0 Å². The van der Waals surface area contributed by atoms with Crippen molar-refractivity contribution in [1.29, 1.82) is 0 Å². The van der Waals surface area contributed by atoms with Crippen LogP contribution >= 0.6 is 0 Å². The SMILES string of the molecule is c1ccc(CC2CNCCN2Cc2ccccc2)cc1. The van der Waals surface area contributed by atoms with Crippen LogP contribution in [0.5, 0.6) is 0 Å². The van der Waals surface area contributed by atoms with Gasteiger partial charge in [-0.15, -0.1) is 0 Å². The summed E-state index contributed by atoms with van der Waals surface area (Å²) in [5.74, 6) is 0. The molecule has 104 valence electrons. The second-order valence-corrected chi connectivity index (χ2v) is 5.50. The Balaban J connectivity index is 1.68. The number of benzene rings is 2. The molecule has 0 aliphatic carbocycles. The third-order valence-electron chi connectivity index (χ3n) is 4.01. The van der Waals surface area contributed by atoms with Crippen LogP contribution in [0.3, 0.4) is 0 Å². The van der Waals surface area contributed by atoms with Gasteiger partial charge >= 0.3 is 0 Å². The van der Waals surface area contributed by atoms with Gasteiger partial charge in [0, 0.05) is 32.2 Å². The molecule has 0 aromatic heterocycles. The molecule has 1 unspecified atom stereocenters. The summed E-state index contributed by atoms with van der Waals surface area (Å²) in [6.07, 6.45) is 1.13. The molecule has 1 N–H and O–H groups in total. The van der Waals surface area contributed by atoms with Gasteiger partial charge in [-0.2, -0.15) is 0 Å². The van der Waals surface area contributed by atoms with Gasteiger partial charge in [-0.05, 0) is 17.5 Å². The van der Waals surface area contributed by atoms with Crippen LogP contribution in [0.25, 0.3) is 0 Å². The summed E-state index contributed by atoms with van der Waals surface area (Å²) in [5, 5.41) is 3.53. The van der Waals surface area contributed by atoms with E-state index in [1.54, 1.807) is 0 Å². The Labute approximate surface area is 121 Å². The van der Waals surface area contributed by atoms with E-state index in [-0.39, 0.29) is 0 Å². The van der Waals surface area contributed by atoms with Crippen LogP contribution in [0.15, 0.2) is 60.7 Å². The fourth-order valence-corrected chi connectivity index (χ4v) is 2.92. The van der Waals surface area contributed by atoms with Gasteiger partial charge in [0.2, 0.25) is 0 Å². The molecule has 2 heteroatoms. The summed E-state index contributed by atoms with van der Waals surface area (Å²) in [6.45, 7) is 4.37. The van der Waals surface area contributed by atoms with E-state index in [9.17, 15) is 0 Å². The van der Waals surface area contributed by atoms with Crippen LogP contribution in [-0.2, 0) is 13.0 Å². The normalized spacial score (nSPS) is 19.9. The zero-order valence-electron chi connectivity index (χ0n) is 11.8. The summed E-state index contributed by atoms with van der Waals surface area (Å²) in [6, 6.07) is 22.2. The Bertz CT molecular complexity index is 460. The van der Waals surface area contributed by atoms with E-state index in [0.717, 1.165) is 32.6 Å². The molecule has 0 radical (unpaired) electrons.